The van der Waals surface area contributed by atoms with Gasteiger partial charge in [0.25, 0.3) is 5.69 Å². The number of piperidine rings is 1. The lowest BCUT2D eigenvalue weighted by Gasteiger charge is -2.33. The van der Waals surface area contributed by atoms with E-state index in [0.29, 0.717) is 25.9 Å². The lowest BCUT2D eigenvalue weighted by atomic mass is 10.1. The van der Waals surface area contributed by atoms with E-state index in [1.165, 1.54) is 12.1 Å². The molecule has 0 aliphatic carbocycles. The van der Waals surface area contributed by atoms with E-state index in [4.69, 9.17) is 0 Å². The maximum Gasteiger partial charge on any atom is 0.269 e. The number of rotatable bonds is 5. The van der Waals surface area contributed by atoms with Crippen molar-refractivity contribution in [2.24, 2.45) is 0 Å². The maximum absolute atomic E-state index is 12.4. The first-order valence-corrected chi connectivity index (χ1v) is 9.51. The minimum absolute atomic E-state index is 0.0641. The molecule has 1 aliphatic heterocycles. The molecule has 1 heterocycles. The number of nitrogens with zero attached hydrogens (tertiary/aromatic N) is 2. The normalized spacial score (nSPS) is 15.9. The summed E-state index contributed by atoms with van der Waals surface area (Å²) in [6.45, 7) is 1.39. The molecule has 2 aromatic rings. The van der Waals surface area contributed by atoms with Gasteiger partial charge in [-0.3, -0.25) is 10.1 Å². The van der Waals surface area contributed by atoms with Crippen LogP contribution in [-0.2, 0) is 10.0 Å². The van der Waals surface area contributed by atoms with Gasteiger partial charge >= 0.3 is 0 Å². The second-order valence-electron chi connectivity index (χ2n) is 5.97. The van der Waals surface area contributed by atoms with Crippen molar-refractivity contribution >= 4 is 21.4 Å². The van der Waals surface area contributed by atoms with Crippen LogP contribution in [0, 0.1) is 10.1 Å². The molecule has 25 heavy (non-hydrogen) atoms. The largest absolute Gasteiger partial charge is 0.371 e. The molecule has 1 fully saturated rings. The Morgan fingerprint density at radius 2 is 1.60 bits per heavy atom. The molecule has 8 heteroatoms. The minimum atomic E-state index is -3.50. The Labute approximate surface area is 146 Å². The van der Waals surface area contributed by atoms with Gasteiger partial charge in [-0.1, -0.05) is 18.2 Å². The van der Waals surface area contributed by atoms with Crippen molar-refractivity contribution in [3.05, 3.63) is 64.7 Å². The van der Waals surface area contributed by atoms with Gasteiger partial charge in [-0.25, -0.2) is 13.1 Å². The molecule has 1 aliphatic rings. The average molecular weight is 361 g/mol. The van der Waals surface area contributed by atoms with Crippen molar-refractivity contribution in [3.8, 4) is 0 Å². The molecule has 0 spiro atoms. The fourth-order valence-corrected chi connectivity index (χ4v) is 4.25. The third-order valence-electron chi connectivity index (χ3n) is 4.30. The van der Waals surface area contributed by atoms with Gasteiger partial charge in [-0.05, 0) is 37.1 Å². The van der Waals surface area contributed by atoms with E-state index in [0.717, 1.165) is 5.69 Å². The zero-order valence-electron chi connectivity index (χ0n) is 13.5. The summed E-state index contributed by atoms with van der Waals surface area (Å²) in [5.41, 5.74) is 0.976. The van der Waals surface area contributed by atoms with Gasteiger partial charge in [0, 0.05) is 37.0 Å². The quantitative estimate of drug-likeness (QED) is 0.652. The van der Waals surface area contributed by atoms with Crippen LogP contribution >= 0.6 is 0 Å². The highest BCUT2D eigenvalue weighted by atomic mass is 32.2. The maximum atomic E-state index is 12.4. The summed E-state index contributed by atoms with van der Waals surface area (Å²) in [6.07, 6.45) is 1.37. The standard InChI is InChI=1S/C17H19N3O4S/c21-20(22)16-8-6-15(7-9-16)19-12-10-14(11-13-19)18-25(23,24)17-4-2-1-3-5-17/h1-9,14,18H,10-13H2. The van der Waals surface area contributed by atoms with Crippen LogP contribution in [0.2, 0.25) is 0 Å². The Hall–Kier alpha value is -2.45. The predicted molar refractivity (Wildman–Crippen MR) is 95.1 cm³/mol. The summed E-state index contributed by atoms with van der Waals surface area (Å²) < 4.78 is 27.5. The van der Waals surface area contributed by atoms with Crippen molar-refractivity contribution in [2.45, 2.75) is 23.8 Å². The van der Waals surface area contributed by atoms with E-state index in [1.807, 2.05) is 0 Å². The Morgan fingerprint density at radius 1 is 1.00 bits per heavy atom. The summed E-state index contributed by atoms with van der Waals surface area (Å²) in [5.74, 6) is 0. The lowest BCUT2D eigenvalue weighted by Crippen LogP contribution is -2.44. The zero-order chi connectivity index (χ0) is 17.9. The molecule has 7 nitrogen and oxygen atoms in total. The highest BCUT2D eigenvalue weighted by molar-refractivity contribution is 7.89. The second kappa shape index (κ2) is 7.20. The first-order chi connectivity index (χ1) is 12.0. The number of anilines is 1. The van der Waals surface area contributed by atoms with Crippen LogP contribution in [0.4, 0.5) is 11.4 Å². The van der Waals surface area contributed by atoms with E-state index in [9.17, 15) is 18.5 Å². The number of hydrogen-bond acceptors (Lipinski definition) is 5. The molecule has 0 bridgehead atoms. The first-order valence-electron chi connectivity index (χ1n) is 8.02. The molecule has 0 radical (unpaired) electrons. The third-order valence-corrected chi connectivity index (χ3v) is 5.83. The number of nitro benzene ring substituents is 1. The van der Waals surface area contributed by atoms with E-state index < -0.39 is 14.9 Å². The Bertz CT molecular complexity index is 830. The number of sulfonamides is 1. The predicted octanol–water partition coefficient (Wildman–Crippen LogP) is 2.54. The molecule has 3 rings (SSSR count). The summed E-state index contributed by atoms with van der Waals surface area (Å²) in [5, 5.41) is 10.7. The van der Waals surface area contributed by atoms with Crippen molar-refractivity contribution in [2.75, 3.05) is 18.0 Å². The Balaban J connectivity index is 1.59. The monoisotopic (exact) mass is 361 g/mol. The average Bonchev–Trinajstić information content (AvgIpc) is 2.63. The number of non-ortho nitro benzene ring substituents is 1. The van der Waals surface area contributed by atoms with Gasteiger partial charge < -0.3 is 4.90 Å². The highest BCUT2D eigenvalue weighted by Crippen LogP contribution is 2.23. The lowest BCUT2D eigenvalue weighted by molar-refractivity contribution is -0.384. The summed E-state index contributed by atoms with van der Waals surface area (Å²) in [4.78, 5) is 12.7. The highest BCUT2D eigenvalue weighted by Gasteiger charge is 2.24. The molecular weight excluding hydrogens is 342 g/mol. The number of benzene rings is 2. The Kier molecular flexibility index (Phi) is 5.00. The van der Waals surface area contributed by atoms with Crippen molar-refractivity contribution in [1.29, 1.82) is 0 Å². The first kappa shape index (κ1) is 17.4. The third kappa shape index (κ3) is 4.15. The van der Waals surface area contributed by atoms with Gasteiger partial charge in [0.05, 0.1) is 9.82 Å². The van der Waals surface area contributed by atoms with E-state index in [1.54, 1.807) is 42.5 Å². The molecular formula is C17H19N3O4S. The molecule has 0 amide bonds. The number of nitro groups is 1. The molecule has 1 N–H and O–H groups in total. The molecule has 2 aromatic carbocycles. The molecule has 0 aromatic heterocycles. The van der Waals surface area contributed by atoms with Crippen molar-refractivity contribution < 1.29 is 13.3 Å². The van der Waals surface area contributed by atoms with Gasteiger partial charge in [0.1, 0.15) is 0 Å². The van der Waals surface area contributed by atoms with Crippen molar-refractivity contribution in [1.82, 2.24) is 4.72 Å². The van der Waals surface area contributed by atoms with Crippen LogP contribution in [-0.4, -0.2) is 32.5 Å². The fourth-order valence-electron chi connectivity index (χ4n) is 2.93. The smallest absolute Gasteiger partial charge is 0.269 e. The van der Waals surface area contributed by atoms with Crippen molar-refractivity contribution in [3.63, 3.8) is 0 Å². The summed E-state index contributed by atoms with van der Waals surface area (Å²) in [6, 6.07) is 14.7. The number of nitrogens with one attached hydrogen (secondary N) is 1. The zero-order valence-corrected chi connectivity index (χ0v) is 14.4. The molecule has 1 saturated heterocycles. The molecule has 0 atom stereocenters. The van der Waals surface area contributed by atoms with E-state index in [-0.39, 0.29) is 16.6 Å². The van der Waals surface area contributed by atoms with Crippen LogP contribution in [0.25, 0.3) is 0 Å². The second-order valence-corrected chi connectivity index (χ2v) is 7.68. The fraction of sp³-hybridized carbons (Fsp3) is 0.294. The van der Waals surface area contributed by atoms with Crippen LogP contribution in [0.1, 0.15) is 12.8 Å². The minimum Gasteiger partial charge on any atom is -0.371 e. The van der Waals surface area contributed by atoms with Gasteiger partial charge in [0.2, 0.25) is 10.0 Å². The van der Waals surface area contributed by atoms with Gasteiger partial charge in [-0.2, -0.15) is 0 Å². The summed E-state index contributed by atoms with van der Waals surface area (Å²) >= 11 is 0. The van der Waals surface area contributed by atoms with Crippen LogP contribution in [0.15, 0.2) is 59.5 Å². The molecule has 0 unspecified atom stereocenters. The SMILES string of the molecule is O=[N+]([O-])c1ccc(N2CCC(NS(=O)(=O)c3ccccc3)CC2)cc1. The number of hydrogen-bond donors (Lipinski definition) is 1. The van der Waals surface area contributed by atoms with Crippen LogP contribution in [0.3, 0.4) is 0 Å². The van der Waals surface area contributed by atoms with E-state index >= 15 is 0 Å². The van der Waals surface area contributed by atoms with Gasteiger partial charge in [-0.15, -0.1) is 0 Å². The topological polar surface area (TPSA) is 92.6 Å². The van der Waals surface area contributed by atoms with Gasteiger partial charge in [0.15, 0.2) is 0 Å². The Morgan fingerprint density at radius 3 is 2.16 bits per heavy atom. The molecule has 132 valence electrons. The van der Waals surface area contributed by atoms with Crippen LogP contribution < -0.4 is 9.62 Å². The summed E-state index contributed by atoms with van der Waals surface area (Å²) in [7, 11) is -3.50. The van der Waals surface area contributed by atoms with E-state index in [2.05, 4.69) is 9.62 Å². The van der Waals surface area contributed by atoms with Crippen LogP contribution in [0.5, 0.6) is 0 Å². The molecule has 0 saturated carbocycles.